The third kappa shape index (κ3) is 5.65. The Kier molecular flexibility index (Phi) is 7.05. The van der Waals surface area contributed by atoms with Gasteiger partial charge in [0.2, 0.25) is 5.91 Å². The Morgan fingerprint density at radius 3 is 2.47 bits per heavy atom. The molecule has 180 valence electrons. The van der Waals surface area contributed by atoms with Gasteiger partial charge < -0.3 is 14.5 Å². The number of nitrogens with one attached hydrogen (secondary N) is 1. The molecule has 1 heterocycles. The number of hydrogen-bond acceptors (Lipinski definition) is 5. The number of carbonyl (C=O) groups is 2. The number of nitrogens with zero attached hydrogens (tertiary/aromatic N) is 2. The van der Waals surface area contributed by atoms with E-state index in [1.54, 1.807) is 11.3 Å². The number of esters is 1. The van der Waals surface area contributed by atoms with E-state index in [1.807, 2.05) is 24.3 Å². The molecule has 1 aliphatic carbocycles. The number of amides is 1. The van der Waals surface area contributed by atoms with E-state index in [9.17, 15) is 9.59 Å². The average molecular weight is 481 g/mol. The molecule has 3 aromatic rings. The minimum atomic E-state index is -0.813. The van der Waals surface area contributed by atoms with Crippen LogP contribution in [0.3, 0.4) is 0 Å². The van der Waals surface area contributed by atoms with Crippen molar-refractivity contribution in [3.63, 3.8) is 0 Å². The van der Waals surface area contributed by atoms with E-state index in [0.717, 1.165) is 50.2 Å². The highest BCUT2D eigenvalue weighted by molar-refractivity contribution is 7.18. The summed E-state index contributed by atoms with van der Waals surface area (Å²) in [6, 6.07) is 14.5. The van der Waals surface area contributed by atoms with Gasteiger partial charge in [0.15, 0.2) is 0 Å². The minimum absolute atomic E-state index is 0.0699. The Bertz CT molecular complexity index is 1170. The molecule has 0 saturated heterocycles. The Balaban J connectivity index is 1.43. The molecule has 0 saturated carbocycles. The number of carbonyl (C=O) groups excluding carboxylic acids is 2. The van der Waals surface area contributed by atoms with Gasteiger partial charge in [-0.3, -0.25) is 9.59 Å². The monoisotopic (exact) mass is 480 g/mol. The van der Waals surface area contributed by atoms with E-state index >= 15 is 0 Å². The highest BCUT2D eigenvalue weighted by Gasteiger charge is 2.45. The maximum Gasteiger partial charge on any atom is 0.306 e. The lowest BCUT2D eigenvalue weighted by Gasteiger charge is -2.26. The molecule has 0 aliphatic heterocycles. The third-order valence-electron chi connectivity index (χ3n) is 6.56. The molecule has 0 unspecified atom stereocenters. The van der Waals surface area contributed by atoms with Gasteiger partial charge in [-0.05, 0) is 48.1 Å². The molecule has 6 nitrogen and oxygen atoms in total. The summed E-state index contributed by atoms with van der Waals surface area (Å²) in [5.41, 5.74) is 3.71. The van der Waals surface area contributed by atoms with Crippen LogP contribution < -0.4 is 5.32 Å². The predicted octanol–water partition coefficient (Wildman–Crippen LogP) is 3.90. The number of aryl methyl sites for hydroxylation is 1. The zero-order chi connectivity index (χ0) is 24.3. The SMILES string of the molecule is COC(=O)CC1(C(=O)NCc2nc3cc(CCC[N+](C)(C)C)ccc3s2)Cc2ccccc2C1. The Morgan fingerprint density at radius 1 is 1.12 bits per heavy atom. The van der Waals surface area contributed by atoms with E-state index in [0.29, 0.717) is 19.4 Å². The molecular weight excluding hydrogens is 446 g/mol. The van der Waals surface area contributed by atoms with Crippen molar-refractivity contribution < 1.29 is 18.8 Å². The summed E-state index contributed by atoms with van der Waals surface area (Å²) in [5.74, 6) is -0.477. The van der Waals surface area contributed by atoms with Crippen molar-refractivity contribution in [3.8, 4) is 0 Å². The predicted molar refractivity (Wildman–Crippen MR) is 136 cm³/mol. The lowest BCUT2D eigenvalue weighted by Crippen LogP contribution is -2.43. The first kappa shape index (κ1) is 24.4. The van der Waals surface area contributed by atoms with Crippen LogP contribution in [-0.4, -0.2) is 56.1 Å². The van der Waals surface area contributed by atoms with Crippen LogP contribution in [0.1, 0.15) is 34.5 Å². The second-order valence-corrected chi connectivity index (χ2v) is 11.5. The Labute approximate surface area is 205 Å². The van der Waals surface area contributed by atoms with Crippen molar-refractivity contribution >= 4 is 33.4 Å². The number of benzene rings is 2. The number of fused-ring (bicyclic) bond motifs is 2. The second-order valence-electron chi connectivity index (χ2n) is 10.4. The van der Waals surface area contributed by atoms with Crippen molar-refractivity contribution in [3.05, 3.63) is 64.2 Å². The molecule has 4 rings (SSSR count). The molecule has 0 bridgehead atoms. The van der Waals surface area contributed by atoms with Crippen LogP contribution in [0.25, 0.3) is 10.2 Å². The van der Waals surface area contributed by atoms with Gasteiger partial charge in [0.25, 0.3) is 0 Å². The number of thiazole rings is 1. The lowest BCUT2D eigenvalue weighted by molar-refractivity contribution is -0.870. The number of methoxy groups -OCH3 is 1. The summed E-state index contributed by atoms with van der Waals surface area (Å²) in [6.45, 7) is 1.48. The maximum absolute atomic E-state index is 13.4. The first-order valence-corrected chi connectivity index (χ1v) is 12.6. The zero-order valence-electron chi connectivity index (χ0n) is 20.5. The fourth-order valence-electron chi connectivity index (χ4n) is 4.76. The standard InChI is InChI=1S/C27H33N3O3S/c1-30(2,3)13-7-8-19-11-12-23-22(14-19)29-24(34-23)18-28-26(32)27(17-25(31)33-4)15-20-9-5-6-10-21(20)16-27/h5-6,9-12,14H,7-8,13,15-18H2,1-4H3/p+1. The maximum atomic E-state index is 13.4. The largest absolute Gasteiger partial charge is 0.469 e. The van der Waals surface area contributed by atoms with E-state index < -0.39 is 5.41 Å². The van der Waals surface area contributed by atoms with Crippen LogP contribution in [0.5, 0.6) is 0 Å². The number of ether oxygens (including phenoxy) is 1. The molecule has 1 aromatic heterocycles. The topological polar surface area (TPSA) is 68.3 Å². The third-order valence-corrected chi connectivity index (χ3v) is 7.60. The molecule has 1 amide bonds. The summed E-state index contributed by atoms with van der Waals surface area (Å²) in [4.78, 5) is 30.3. The van der Waals surface area contributed by atoms with Gasteiger partial charge in [-0.15, -0.1) is 11.3 Å². The summed E-state index contributed by atoms with van der Waals surface area (Å²) < 4.78 is 7.00. The number of aromatic nitrogens is 1. The minimum Gasteiger partial charge on any atom is -0.469 e. The fraction of sp³-hybridized carbons (Fsp3) is 0.444. The van der Waals surface area contributed by atoms with Gasteiger partial charge in [-0.2, -0.15) is 0 Å². The summed E-state index contributed by atoms with van der Waals surface area (Å²) >= 11 is 1.60. The lowest BCUT2D eigenvalue weighted by atomic mass is 9.80. The van der Waals surface area contributed by atoms with Gasteiger partial charge in [-0.1, -0.05) is 30.3 Å². The van der Waals surface area contributed by atoms with Gasteiger partial charge in [-0.25, -0.2) is 4.98 Å². The van der Waals surface area contributed by atoms with Crippen LogP contribution in [-0.2, 0) is 40.1 Å². The van der Waals surface area contributed by atoms with Crippen molar-refractivity contribution in [2.24, 2.45) is 5.41 Å². The van der Waals surface area contributed by atoms with Gasteiger partial charge >= 0.3 is 5.97 Å². The summed E-state index contributed by atoms with van der Waals surface area (Å²) in [5, 5.41) is 3.94. The van der Waals surface area contributed by atoms with Crippen molar-refractivity contribution in [2.45, 2.75) is 38.6 Å². The number of quaternary nitrogens is 1. The van der Waals surface area contributed by atoms with Crippen LogP contribution in [0.2, 0.25) is 0 Å². The smallest absolute Gasteiger partial charge is 0.306 e. The molecule has 0 spiro atoms. The highest BCUT2D eigenvalue weighted by Crippen LogP contribution is 2.40. The van der Waals surface area contributed by atoms with Crippen LogP contribution in [0, 0.1) is 5.41 Å². The summed E-state index contributed by atoms with van der Waals surface area (Å²) in [6.07, 6.45) is 3.32. The Hall–Kier alpha value is -2.77. The highest BCUT2D eigenvalue weighted by atomic mass is 32.1. The van der Waals surface area contributed by atoms with Crippen LogP contribution in [0.4, 0.5) is 0 Å². The van der Waals surface area contributed by atoms with Crippen molar-refractivity contribution in [2.75, 3.05) is 34.8 Å². The van der Waals surface area contributed by atoms with E-state index in [4.69, 9.17) is 9.72 Å². The number of hydrogen-bond donors (Lipinski definition) is 1. The molecule has 34 heavy (non-hydrogen) atoms. The normalized spacial score (nSPS) is 14.7. The quantitative estimate of drug-likeness (QED) is 0.373. The average Bonchev–Trinajstić information content (AvgIpc) is 3.37. The van der Waals surface area contributed by atoms with E-state index in [-0.39, 0.29) is 18.3 Å². The summed E-state index contributed by atoms with van der Waals surface area (Å²) in [7, 11) is 8.00. The molecule has 0 fully saturated rings. The molecule has 7 heteroatoms. The number of rotatable bonds is 9. The van der Waals surface area contributed by atoms with Crippen molar-refractivity contribution in [1.82, 2.24) is 10.3 Å². The van der Waals surface area contributed by atoms with E-state index in [1.165, 1.54) is 12.7 Å². The molecular formula is C27H34N3O3S+. The van der Waals surface area contributed by atoms with Gasteiger partial charge in [0, 0.05) is 6.42 Å². The molecule has 2 aromatic carbocycles. The molecule has 1 N–H and O–H groups in total. The fourth-order valence-corrected chi connectivity index (χ4v) is 5.65. The first-order valence-electron chi connectivity index (χ1n) is 11.8. The second kappa shape index (κ2) is 9.84. The first-order chi connectivity index (χ1) is 16.2. The molecule has 0 radical (unpaired) electrons. The molecule has 1 aliphatic rings. The van der Waals surface area contributed by atoms with Gasteiger partial charge in [0.05, 0.1) is 63.4 Å². The van der Waals surface area contributed by atoms with Gasteiger partial charge in [0.1, 0.15) is 5.01 Å². The molecule has 0 atom stereocenters. The Morgan fingerprint density at radius 2 is 1.82 bits per heavy atom. The van der Waals surface area contributed by atoms with Crippen LogP contribution in [0.15, 0.2) is 42.5 Å². The van der Waals surface area contributed by atoms with Crippen molar-refractivity contribution in [1.29, 1.82) is 0 Å². The van der Waals surface area contributed by atoms with Crippen LogP contribution >= 0.6 is 11.3 Å². The zero-order valence-corrected chi connectivity index (χ0v) is 21.3. The van der Waals surface area contributed by atoms with E-state index in [2.05, 4.69) is 44.7 Å².